The fraction of sp³-hybridized carbons (Fsp3) is 0.143. The van der Waals surface area contributed by atoms with Crippen LogP contribution in [0.2, 0.25) is 0 Å². The van der Waals surface area contributed by atoms with Crippen LogP contribution in [-0.2, 0) is 9.47 Å². The SMILES string of the molecule is c1ccc2cc(-c3[nH]c4ccccc4c3C3OCCO3)ccc2c1. The minimum Gasteiger partial charge on any atom is -0.354 e. The third-order valence-corrected chi connectivity index (χ3v) is 4.64. The topological polar surface area (TPSA) is 34.2 Å². The fourth-order valence-corrected chi connectivity index (χ4v) is 3.51. The number of fused-ring (bicyclic) bond motifs is 2. The highest BCUT2D eigenvalue weighted by Gasteiger charge is 2.26. The Morgan fingerprint density at radius 1 is 0.792 bits per heavy atom. The first-order valence-corrected chi connectivity index (χ1v) is 8.23. The maximum Gasteiger partial charge on any atom is 0.186 e. The number of rotatable bonds is 2. The molecule has 5 rings (SSSR count). The lowest BCUT2D eigenvalue weighted by Crippen LogP contribution is -1.99. The Balaban J connectivity index is 1.76. The number of benzene rings is 3. The van der Waals surface area contributed by atoms with Crippen LogP contribution in [0.4, 0.5) is 0 Å². The molecule has 118 valence electrons. The van der Waals surface area contributed by atoms with Crippen LogP contribution in [0.25, 0.3) is 32.9 Å². The molecule has 0 radical (unpaired) electrons. The Kier molecular flexibility index (Phi) is 3.15. The molecule has 0 unspecified atom stereocenters. The number of aromatic amines is 1. The van der Waals surface area contributed by atoms with Crippen molar-refractivity contribution in [1.29, 1.82) is 0 Å². The van der Waals surface area contributed by atoms with Gasteiger partial charge in [0.25, 0.3) is 0 Å². The van der Waals surface area contributed by atoms with E-state index in [4.69, 9.17) is 9.47 Å². The van der Waals surface area contributed by atoms with Gasteiger partial charge in [-0.25, -0.2) is 0 Å². The summed E-state index contributed by atoms with van der Waals surface area (Å²) in [6, 6.07) is 23.3. The quantitative estimate of drug-likeness (QED) is 0.563. The third-order valence-electron chi connectivity index (χ3n) is 4.64. The van der Waals surface area contributed by atoms with Crippen molar-refractivity contribution in [2.45, 2.75) is 6.29 Å². The second-order valence-electron chi connectivity index (χ2n) is 6.09. The van der Waals surface area contributed by atoms with Crippen molar-refractivity contribution < 1.29 is 9.47 Å². The number of H-pyrrole nitrogens is 1. The summed E-state index contributed by atoms with van der Waals surface area (Å²) in [5, 5.41) is 3.63. The summed E-state index contributed by atoms with van der Waals surface area (Å²) in [5.74, 6) is 0. The predicted molar refractivity (Wildman–Crippen MR) is 95.9 cm³/mol. The van der Waals surface area contributed by atoms with E-state index in [0.717, 1.165) is 27.7 Å². The average Bonchev–Trinajstić information content (AvgIpc) is 3.28. The van der Waals surface area contributed by atoms with Crippen molar-refractivity contribution in [2.75, 3.05) is 13.2 Å². The molecular weight excluding hydrogens is 298 g/mol. The lowest BCUT2D eigenvalue weighted by Gasteiger charge is -2.12. The predicted octanol–water partition coefficient (Wildman–Crippen LogP) is 5.03. The number of hydrogen-bond acceptors (Lipinski definition) is 2. The van der Waals surface area contributed by atoms with Crippen molar-refractivity contribution in [3.63, 3.8) is 0 Å². The summed E-state index contributed by atoms with van der Waals surface area (Å²) in [5.41, 5.74) is 4.43. The molecule has 1 fully saturated rings. The first-order valence-electron chi connectivity index (χ1n) is 8.23. The van der Waals surface area contributed by atoms with Gasteiger partial charge in [-0.15, -0.1) is 0 Å². The smallest absolute Gasteiger partial charge is 0.186 e. The van der Waals surface area contributed by atoms with Crippen LogP contribution in [0.15, 0.2) is 66.7 Å². The zero-order valence-corrected chi connectivity index (χ0v) is 13.2. The first kappa shape index (κ1) is 13.8. The van der Waals surface area contributed by atoms with Gasteiger partial charge < -0.3 is 14.5 Å². The standard InChI is InChI=1S/C21H17NO2/c1-2-6-15-13-16(10-9-14(15)5-1)20-19(21-23-11-12-24-21)17-7-3-4-8-18(17)22-20/h1-10,13,21-22H,11-12H2. The molecular formula is C21H17NO2. The van der Waals surface area contributed by atoms with Crippen molar-refractivity contribution >= 4 is 21.7 Å². The van der Waals surface area contributed by atoms with E-state index in [9.17, 15) is 0 Å². The van der Waals surface area contributed by atoms with Crippen LogP contribution >= 0.6 is 0 Å². The molecule has 1 aliphatic rings. The minimum atomic E-state index is -0.303. The molecule has 2 heterocycles. The number of para-hydroxylation sites is 1. The number of ether oxygens (including phenoxy) is 2. The molecule has 24 heavy (non-hydrogen) atoms. The molecule has 1 saturated heterocycles. The van der Waals surface area contributed by atoms with Gasteiger partial charge >= 0.3 is 0 Å². The normalized spacial score (nSPS) is 15.5. The van der Waals surface area contributed by atoms with Crippen LogP contribution < -0.4 is 0 Å². The number of nitrogens with one attached hydrogen (secondary N) is 1. The van der Waals surface area contributed by atoms with E-state index in [-0.39, 0.29) is 6.29 Å². The van der Waals surface area contributed by atoms with E-state index >= 15 is 0 Å². The van der Waals surface area contributed by atoms with Gasteiger partial charge in [-0.2, -0.15) is 0 Å². The van der Waals surface area contributed by atoms with Gasteiger partial charge in [0.05, 0.1) is 18.9 Å². The van der Waals surface area contributed by atoms with Crippen LogP contribution in [0.5, 0.6) is 0 Å². The number of aromatic nitrogens is 1. The Morgan fingerprint density at radius 2 is 1.54 bits per heavy atom. The highest BCUT2D eigenvalue weighted by atomic mass is 16.7. The van der Waals surface area contributed by atoms with Crippen LogP contribution in [0.1, 0.15) is 11.9 Å². The summed E-state index contributed by atoms with van der Waals surface area (Å²) in [4.78, 5) is 3.56. The lowest BCUT2D eigenvalue weighted by molar-refractivity contribution is -0.0425. The Bertz CT molecular complexity index is 1030. The Hall–Kier alpha value is -2.62. The Morgan fingerprint density at radius 3 is 2.42 bits per heavy atom. The molecule has 1 aliphatic heterocycles. The molecule has 0 bridgehead atoms. The van der Waals surface area contributed by atoms with E-state index in [1.165, 1.54) is 10.8 Å². The monoisotopic (exact) mass is 315 g/mol. The van der Waals surface area contributed by atoms with Crippen molar-refractivity contribution in [3.8, 4) is 11.3 Å². The Labute approximate surface area is 139 Å². The van der Waals surface area contributed by atoms with Crippen molar-refractivity contribution in [3.05, 3.63) is 72.3 Å². The van der Waals surface area contributed by atoms with Gasteiger partial charge in [0, 0.05) is 16.5 Å². The zero-order chi connectivity index (χ0) is 15.9. The summed E-state index contributed by atoms with van der Waals surface area (Å²) in [6.07, 6.45) is -0.303. The van der Waals surface area contributed by atoms with Crippen LogP contribution in [0.3, 0.4) is 0 Å². The summed E-state index contributed by atoms with van der Waals surface area (Å²) in [7, 11) is 0. The largest absolute Gasteiger partial charge is 0.354 e. The zero-order valence-electron chi connectivity index (χ0n) is 13.2. The highest BCUT2D eigenvalue weighted by molar-refractivity contribution is 5.94. The second kappa shape index (κ2) is 5.48. The highest BCUT2D eigenvalue weighted by Crippen LogP contribution is 2.38. The van der Waals surface area contributed by atoms with E-state index in [1.54, 1.807) is 0 Å². The maximum atomic E-state index is 5.81. The molecule has 3 aromatic carbocycles. The van der Waals surface area contributed by atoms with E-state index in [2.05, 4.69) is 65.6 Å². The lowest BCUT2D eigenvalue weighted by atomic mass is 10.0. The van der Waals surface area contributed by atoms with E-state index < -0.39 is 0 Å². The molecule has 0 saturated carbocycles. The average molecular weight is 315 g/mol. The molecule has 3 nitrogen and oxygen atoms in total. The van der Waals surface area contributed by atoms with Gasteiger partial charge in [-0.1, -0.05) is 54.6 Å². The molecule has 3 heteroatoms. The molecule has 1 aromatic heterocycles. The van der Waals surface area contributed by atoms with Crippen molar-refractivity contribution in [1.82, 2.24) is 4.98 Å². The van der Waals surface area contributed by atoms with Gasteiger partial charge in [0.15, 0.2) is 6.29 Å². The molecule has 4 aromatic rings. The summed E-state index contributed by atoms with van der Waals surface area (Å²) < 4.78 is 11.6. The van der Waals surface area contributed by atoms with E-state index in [1.807, 2.05) is 6.07 Å². The van der Waals surface area contributed by atoms with Crippen molar-refractivity contribution in [2.24, 2.45) is 0 Å². The van der Waals surface area contributed by atoms with Gasteiger partial charge in [-0.05, 0) is 28.5 Å². The van der Waals surface area contributed by atoms with E-state index in [0.29, 0.717) is 13.2 Å². The summed E-state index contributed by atoms with van der Waals surface area (Å²) in [6.45, 7) is 1.28. The fourth-order valence-electron chi connectivity index (χ4n) is 3.51. The molecule has 0 spiro atoms. The van der Waals surface area contributed by atoms with Crippen LogP contribution in [-0.4, -0.2) is 18.2 Å². The molecule has 1 N–H and O–H groups in total. The van der Waals surface area contributed by atoms with Crippen LogP contribution in [0, 0.1) is 0 Å². The second-order valence-corrected chi connectivity index (χ2v) is 6.09. The minimum absolute atomic E-state index is 0.303. The maximum absolute atomic E-state index is 5.81. The summed E-state index contributed by atoms with van der Waals surface area (Å²) >= 11 is 0. The number of hydrogen-bond donors (Lipinski definition) is 1. The first-order chi connectivity index (χ1) is 11.9. The molecule has 0 aliphatic carbocycles. The van der Waals surface area contributed by atoms with Gasteiger partial charge in [0.1, 0.15) is 0 Å². The van der Waals surface area contributed by atoms with Gasteiger partial charge in [-0.3, -0.25) is 0 Å². The molecule has 0 amide bonds. The van der Waals surface area contributed by atoms with Gasteiger partial charge in [0.2, 0.25) is 0 Å². The molecule has 0 atom stereocenters. The third kappa shape index (κ3) is 2.13.